The smallest absolute Gasteiger partial charge is 0.181 e. The van der Waals surface area contributed by atoms with Gasteiger partial charge in [-0.25, -0.2) is 4.68 Å². The first-order chi connectivity index (χ1) is 12.8. The predicted octanol–water partition coefficient (Wildman–Crippen LogP) is 2.42. The molecule has 0 amide bonds. The molecule has 0 radical (unpaired) electrons. The molecule has 0 aliphatic carbocycles. The van der Waals surface area contributed by atoms with Crippen molar-refractivity contribution in [1.82, 2.24) is 25.1 Å². The fourth-order valence-corrected chi connectivity index (χ4v) is 4.50. The monoisotopic (exact) mass is 373 g/mol. The van der Waals surface area contributed by atoms with Gasteiger partial charge < -0.3 is 9.47 Å². The maximum atomic E-state index is 5.97. The van der Waals surface area contributed by atoms with E-state index in [2.05, 4.69) is 51.6 Å². The molecule has 7 nitrogen and oxygen atoms in total. The van der Waals surface area contributed by atoms with Gasteiger partial charge in [-0.2, -0.15) is 0 Å². The fourth-order valence-electron chi connectivity index (χ4n) is 3.42. The third-order valence-corrected chi connectivity index (χ3v) is 5.92. The van der Waals surface area contributed by atoms with Gasteiger partial charge in [0.05, 0.1) is 19.8 Å². The standard InChI is InChI=1S/C18H23N5O2S/c1-13-15(14-5-3-4-6-17(14)26-13)11-22-7-10-25-16(12-22)18-19-20-21-23(18)8-9-24-2/h3-6,16H,7-12H2,1-2H3/t16-/m0/s1. The first kappa shape index (κ1) is 17.5. The van der Waals surface area contributed by atoms with E-state index >= 15 is 0 Å². The second-order valence-electron chi connectivity index (χ2n) is 6.48. The van der Waals surface area contributed by atoms with Gasteiger partial charge in [0.1, 0.15) is 6.10 Å². The van der Waals surface area contributed by atoms with Crippen LogP contribution in [0, 0.1) is 6.92 Å². The minimum absolute atomic E-state index is 0.110. The molecule has 2 aromatic heterocycles. The van der Waals surface area contributed by atoms with Crippen LogP contribution in [0.5, 0.6) is 0 Å². The number of aryl methyl sites for hydroxylation is 1. The van der Waals surface area contributed by atoms with Gasteiger partial charge in [0.2, 0.25) is 0 Å². The summed E-state index contributed by atoms with van der Waals surface area (Å²) in [4.78, 5) is 3.82. The zero-order chi connectivity index (χ0) is 17.9. The van der Waals surface area contributed by atoms with E-state index in [1.165, 1.54) is 20.5 Å². The number of tetrazole rings is 1. The molecule has 0 saturated carbocycles. The number of methoxy groups -OCH3 is 1. The summed E-state index contributed by atoms with van der Waals surface area (Å²) in [7, 11) is 1.68. The lowest BCUT2D eigenvalue weighted by molar-refractivity contribution is -0.0395. The van der Waals surface area contributed by atoms with Gasteiger partial charge in [0, 0.05) is 36.3 Å². The van der Waals surface area contributed by atoms with Crippen molar-refractivity contribution in [1.29, 1.82) is 0 Å². The lowest BCUT2D eigenvalue weighted by Gasteiger charge is -2.32. The van der Waals surface area contributed by atoms with Crippen LogP contribution in [0.15, 0.2) is 24.3 Å². The van der Waals surface area contributed by atoms with E-state index in [0.29, 0.717) is 19.8 Å². The zero-order valence-electron chi connectivity index (χ0n) is 15.1. The van der Waals surface area contributed by atoms with Crippen molar-refractivity contribution in [2.45, 2.75) is 26.1 Å². The van der Waals surface area contributed by atoms with Crippen LogP contribution in [0.3, 0.4) is 0 Å². The Morgan fingerprint density at radius 2 is 2.23 bits per heavy atom. The molecule has 0 spiro atoms. The average molecular weight is 373 g/mol. The molecule has 1 aliphatic heterocycles. The summed E-state index contributed by atoms with van der Waals surface area (Å²) >= 11 is 1.87. The number of hydrogen-bond acceptors (Lipinski definition) is 7. The van der Waals surface area contributed by atoms with Gasteiger partial charge in [0.25, 0.3) is 0 Å². The Morgan fingerprint density at radius 1 is 1.35 bits per heavy atom. The number of aromatic nitrogens is 4. The number of nitrogens with zero attached hydrogens (tertiary/aromatic N) is 5. The Bertz CT molecular complexity index is 877. The summed E-state index contributed by atoms with van der Waals surface area (Å²) in [6.07, 6.45) is -0.110. The van der Waals surface area contributed by atoms with Gasteiger partial charge in [0.15, 0.2) is 5.82 Å². The van der Waals surface area contributed by atoms with Crippen LogP contribution >= 0.6 is 11.3 Å². The van der Waals surface area contributed by atoms with Crippen molar-refractivity contribution in [3.8, 4) is 0 Å². The highest BCUT2D eigenvalue weighted by atomic mass is 32.1. The minimum atomic E-state index is -0.110. The minimum Gasteiger partial charge on any atom is -0.383 e. The molecule has 8 heteroatoms. The highest BCUT2D eigenvalue weighted by Gasteiger charge is 2.27. The van der Waals surface area contributed by atoms with Crippen molar-refractivity contribution < 1.29 is 9.47 Å². The summed E-state index contributed by atoms with van der Waals surface area (Å²) in [6, 6.07) is 8.64. The Morgan fingerprint density at radius 3 is 3.12 bits per heavy atom. The van der Waals surface area contributed by atoms with Crippen molar-refractivity contribution in [2.75, 3.05) is 33.4 Å². The van der Waals surface area contributed by atoms with E-state index in [1.807, 2.05) is 11.3 Å². The second kappa shape index (κ2) is 7.79. The maximum Gasteiger partial charge on any atom is 0.181 e. The molecule has 1 atom stereocenters. The number of fused-ring (bicyclic) bond motifs is 1. The summed E-state index contributed by atoms with van der Waals surface area (Å²) in [5, 5.41) is 13.4. The average Bonchev–Trinajstić information content (AvgIpc) is 3.25. The van der Waals surface area contributed by atoms with Crippen molar-refractivity contribution >= 4 is 21.4 Å². The van der Waals surface area contributed by atoms with Crippen LogP contribution in [0.1, 0.15) is 22.4 Å². The van der Waals surface area contributed by atoms with Crippen LogP contribution in [0.25, 0.3) is 10.1 Å². The molecular formula is C18H23N5O2S. The Balaban J connectivity index is 1.50. The van der Waals surface area contributed by atoms with Crippen LogP contribution in [-0.2, 0) is 22.6 Å². The molecule has 0 N–H and O–H groups in total. The molecule has 4 rings (SSSR count). The Hall–Kier alpha value is -1.87. The number of thiophene rings is 1. The second-order valence-corrected chi connectivity index (χ2v) is 7.74. The molecule has 1 saturated heterocycles. The molecule has 1 fully saturated rings. The third-order valence-electron chi connectivity index (χ3n) is 4.79. The van der Waals surface area contributed by atoms with Crippen molar-refractivity contribution in [2.24, 2.45) is 0 Å². The Labute approximate surface area is 156 Å². The van der Waals surface area contributed by atoms with Crippen molar-refractivity contribution in [3.05, 3.63) is 40.5 Å². The molecular weight excluding hydrogens is 350 g/mol. The third kappa shape index (κ3) is 3.50. The molecule has 138 valence electrons. The van der Waals surface area contributed by atoms with Crippen LogP contribution < -0.4 is 0 Å². The van der Waals surface area contributed by atoms with Gasteiger partial charge in [-0.05, 0) is 34.4 Å². The lowest BCUT2D eigenvalue weighted by Crippen LogP contribution is -2.39. The summed E-state index contributed by atoms with van der Waals surface area (Å²) < 4.78 is 14.2. The zero-order valence-corrected chi connectivity index (χ0v) is 15.9. The molecule has 0 bridgehead atoms. The Kier molecular flexibility index (Phi) is 5.26. The van der Waals surface area contributed by atoms with E-state index < -0.39 is 0 Å². The largest absolute Gasteiger partial charge is 0.383 e. The molecule has 26 heavy (non-hydrogen) atoms. The first-order valence-corrected chi connectivity index (χ1v) is 9.64. The van der Waals surface area contributed by atoms with Crippen LogP contribution in [0.4, 0.5) is 0 Å². The normalized spacial score (nSPS) is 18.6. The molecule has 3 heterocycles. The van der Waals surface area contributed by atoms with E-state index in [-0.39, 0.29) is 6.10 Å². The van der Waals surface area contributed by atoms with E-state index in [0.717, 1.165) is 25.5 Å². The van der Waals surface area contributed by atoms with Gasteiger partial charge in [-0.3, -0.25) is 4.90 Å². The highest BCUT2D eigenvalue weighted by Crippen LogP contribution is 2.32. The first-order valence-electron chi connectivity index (χ1n) is 8.82. The number of morpholine rings is 1. The van der Waals surface area contributed by atoms with E-state index in [4.69, 9.17) is 9.47 Å². The van der Waals surface area contributed by atoms with Crippen LogP contribution in [-0.4, -0.2) is 58.5 Å². The predicted molar refractivity (Wildman–Crippen MR) is 100 cm³/mol. The number of benzene rings is 1. The molecule has 1 aromatic carbocycles. The lowest BCUT2D eigenvalue weighted by atomic mass is 10.1. The molecule has 3 aromatic rings. The quantitative estimate of drug-likeness (QED) is 0.661. The molecule has 1 aliphatic rings. The topological polar surface area (TPSA) is 65.3 Å². The molecule has 0 unspecified atom stereocenters. The van der Waals surface area contributed by atoms with Gasteiger partial charge in [-0.1, -0.05) is 18.2 Å². The van der Waals surface area contributed by atoms with Crippen molar-refractivity contribution in [3.63, 3.8) is 0 Å². The van der Waals surface area contributed by atoms with Gasteiger partial charge >= 0.3 is 0 Å². The van der Waals surface area contributed by atoms with E-state index in [9.17, 15) is 0 Å². The summed E-state index contributed by atoms with van der Waals surface area (Å²) in [6.45, 7) is 6.74. The van der Waals surface area contributed by atoms with E-state index in [1.54, 1.807) is 11.8 Å². The highest BCUT2D eigenvalue weighted by molar-refractivity contribution is 7.19. The van der Waals surface area contributed by atoms with Crippen LogP contribution in [0.2, 0.25) is 0 Å². The summed E-state index contributed by atoms with van der Waals surface area (Å²) in [5.41, 5.74) is 1.42. The maximum absolute atomic E-state index is 5.97. The summed E-state index contributed by atoms with van der Waals surface area (Å²) in [5.74, 6) is 0.777. The SMILES string of the molecule is COCCn1nnnc1[C@@H]1CN(Cc2c(C)sc3ccccc23)CCO1. The number of ether oxygens (including phenoxy) is 2. The number of hydrogen-bond donors (Lipinski definition) is 0. The van der Waals surface area contributed by atoms with Gasteiger partial charge in [-0.15, -0.1) is 16.4 Å². The fraction of sp³-hybridized carbons (Fsp3) is 0.500. The number of rotatable bonds is 6.